The van der Waals surface area contributed by atoms with Gasteiger partial charge >= 0.3 is 18.2 Å². The molecule has 15 heteroatoms. The molecule has 5 N–H and O–H groups in total. The van der Waals surface area contributed by atoms with Crippen LogP contribution < -0.4 is 20.1 Å². The summed E-state index contributed by atoms with van der Waals surface area (Å²) in [5, 5.41) is 24.0. The number of aliphatic imine (C=N–C) groups is 1. The number of hydrogen-bond acceptors (Lipinski definition) is 10. The van der Waals surface area contributed by atoms with E-state index < -0.39 is 57.5 Å². The van der Waals surface area contributed by atoms with E-state index in [0.29, 0.717) is 22.4 Å². The summed E-state index contributed by atoms with van der Waals surface area (Å²) in [7, 11) is -2.79. The van der Waals surface area contributed by atoms with Crippen LogP contribution in [0, 0.1) is 20.8 Å². The molecule has 0 aliphatic rings. The monoisotopic (exact) mass is 616 g/mol. The average Bonchev–Trinajstić information content (AvgIpc) is 2.79. The van der Waals surface area contributed by atoms with E-state index in [1.54, 1.807) is 68.4 Å². The molecule has 238 valence electrons. The van der Waals surface area contributed by atoms with Crippen molar-refractivity contribution in [1.29, 1.82) is 0 Å². The van der Waals surface area contributed by atoms with Gasteiger partial charge in [0.1, 0.15) is 17.0 Å². The number of carboxylic acids is 1. The summed E-state index contributed by atoms with van der Waals surface area (Å²) < 4.78 is 44.9. The van der Waals surface area contributed by atoms with Gasteiger partial charge in [0, 0.05) is 6.54 Å². The number of carbonyl (C=O) groups excluding carboxylic acids is 2. The van der Waals surface area contributed by atoms with Gasteiger partial charge in [-0.15, -0.1) is 0 Å². The number of methoxy groups -OCH3 is 1. The van der Waals surface area contributed by atoms with Gasteiger partial charge in [0.05, 0.1) is 18.0 Å². The fourth-order valence-corrected chi connectivity index (χ4v) is 5.28. The number of aryl methyl sites for hydroxylation is 1. The fourth-order valence-electron chi connectivity index (χ4n) is 3.76. The van der Waals surface area contributed by atoms with Crippen LogP contribution in [-0.2, 0) is 24.3 Å². The van der Waals surface area contributed by atoms with E-state index in [2.05, 4.69) is 20.3 Å². The average molecular weight is 617 g/mol. The second-order valence-electron chi connectivity index (χ2n) is 11.6. The molecule has 0 fully saturated rings. The van der Waals surface area contributed by atoms with Gasteiger partial charge in [-0.1, -0.05) is 0 Å². The van der Waals surface area contributed by atoms with Gasteiger partial charge in [-0.3, -0.25) is 10.3 Å². The minimum absolute atomic E-state index is 0.0225. The van der Waals surface area contributed by atoms with E-state index in [-0.39, 0.29) is 24.3 Å². The van der Waals surface area contributed by atoms with Crippen LogP contribution in [0.1, 0.15) is 71.1 Å². The van der Waals surface area contributed by atoms with Gasteiger partial charge in [0.25, 0.3) is 10.0 Å². The number of carboxylic acid groups (broad SMARTS) is 1. The molecule has 0 saturated carbocycles. The van der Waals surface area contributed by atoms with Crippen molar-refractivity contribution in [2.24, 2.45) is 4.99 Å². The number of sulfonamides is 1. The highest BCUT2D eigenvalue weighted by atomic mass is 32.2. The first-order valence-electron chi connectivity index (χ1n) is 13.2. The third-order valence-electron chi connectivity index (χ3n) is 5.60. The number of benzene rings is 1. The third kappa shape index (κ3) is 11.7. The first-order chi connectivity index (χ1) is 19.1. The number of hydrogen-bond donors (Lipinski definition) is 5. The van der Waals surface area contributed by atoms with Crippen LogP contribution in [0.4, 0.5) is 9.59 Å². The maximum atomic E-state index is 13.5. The van der Waals surface area contributed by atoms with Crippen molar-refractivity contribution in [2.45, 2.75) is 103 Å². The molecule has 0 bridgehead atoms. The van der Waals surface area contributed by atoms with Gasteiger partial charge < -0.3 is 29.7 Å². The number of guanidine groups is 1. The first-order valence-corrected chi connectivity index (χ1v) is 14.7. The van der Waals surface area contributed by atoms with Crippen LogP contribution in [0.5, 0.6) is 5.75 Å². The van der Waals surface area contributed by atoms with E-state index >= 15 is 0 Å². The minimum Gasteiger partial charge on any atom is -0.496 e. The molecular formula is C27H44N4O10S. The second-order valence-corrected chi connectivity index (χ2v) is 13.2. The van der Waals surface area contributed by atoms with Crippen molar-refractivity contribution in [2.75, 3.05) is 13.7 Å². The topological polar surface area (TPSA) is 202 Å². The highest BCUT2D eigenvalue weighted by Gasteiger charge is 2.29. The number of ether oxygens (including phenoxy) is 3. The van der Waals surface area contributed by atoms with Crippen molar-refractivity contribution in [3.8, 4) is 5.75 Å². The molecule has 2 atom stereocenters. The highest BCUT2D eigenvalue weighted by Crippen LogP contribution is 2.30. The van der Waals surface area contributed by atoms with E-state index in [1.165, 1.54) is 7.11 Å². The summed E-state index contributed by atoms with van der Waals surface area (Å²) in [6.45, 7) is 14.6. The van der Waals surface area contributed by atoms with Gasteiger partial charge in [0.2, 0.25) is 5.96 Å². The Bertz CT molecular complexity index is 1280. The molecular weight excluding hydrogens is 572 g/mol. The zero-order valence-corrected chi connectivity index (χ0v) is 26.7. The number of aliphatic carboxylic acids is 1. The van der Waals surface area contributed by atoms with Crippen molar-refractivity contribution < 1.29 is 47.2 Å². The Labute approximate surface area is 247 Å². The molecule has 0 heterocycles. The Morgan fingerprint density at radius 2 is 1.52 bits per heavy atom. The molecule has 2 amide bonds. The first kappa shape index (κ1) is 36.4. The summed E-state index contributed by atoms with van der Waals surface area (Å²) in [6.07, 6.45) is -3.82. The van der Waals surface area contributed by atoms with Crippen molar-refractivity contribution in [3.05, 3.63) is 22.8 Å². The number of aliphatic hydroxyl groups excluding tert-OH is 1. The fraction of sp³-hybridized carbons (Fsp3) is 0.630. The van der Waals surface area contributed by atoms with Crippen LogP contribution in [0.25, 0.3) is 0 Å². The molecule has 0 aromatic heterocycles. The number of alkyl carbamates (subject to hydrolysis) is 2. The van der Waals surface area contributed by atoms with E-state index in [1.807, 2.05) is 0 Å². The molecule has 1 rings (SSSR count). The molecule has 42 heavy (non-hydrogen) atoms. The number of aliphatic hydroxyl groups is 1. The minimum atomic E-state index is -4.27. The van der Waals surface area contributed by atoms with Gasteiger partial charge in [-0.05, 0) is 97.9 Å². The Morgan fingerprint density at radius 1 is 0.976 bits per heavy atom. The number of carbonyl (C=O) groups is 3. The van der Waals surface area contributed by atoms with E-state index in [9.17, 15) is 33.0 Å². The smallest absolute Gasteiger partial charge is 0.414 e. The lowest BCUT2D eigenvalue weighted by Crippen LogP contribution is -2.48. The maximum Gasteiger partial charge on any atom is 0.414 e. The molecule has 1 aromatic carbocycles. The Balaban J connectivity index is 3.25. The van der Waals surface area contributed by atoms with Crippen LogP contribution in [-0.4, -0.2) is 79.7 Å². The maximum absolute atomic E-state index is 13.5. The lowest BCUT2D eigenvalue weighted by Gasteiger charge is -2.25. The summed E-state index contributed by atoms with van der Waals surface area (Å²) in [5.41, 5.74) is -0.289. The molecule has 2 unspecified atom stereocenters. The van der Waals surface area contributed by atoms with Crippen LogP contribution in [0.15, 0.2) is 16.0 Å². The third-order valence-corrected chi connectivity index (χ3v) is 7.22. The molecule has 1 aromatic rings. The molecule has 0 radical (unpaired) electrons. The number of amides is 2. The molecule has 0 saturated heterocycles. The predicted octanol–water partition coefficient (Wildman–Crippen LogP) is 2.90. The Morgan fingerprint density at radius 3 is 2.02 bits per heavy atom. The quantitative estimate of drug-likeness (QED) is 0.148. The number of nitrogens with one attached hydrogen (secondary N) is 3. The van der Waals surface area contributed by atoms with Crippen molar-refractivity contribution in [3.63, 3.8) is 0 Å². The predicted molar refractivity (Wildman–Crippen MR) is 155 cm³/mol. The zero-order valence-electron chi connectivity index (χ0n) is 25.9. The largest absolute Gasteiger partial charge is 0.496 e. The molecule has 0 spiro atoms. The summed E-state index contributed by atoms with van der Waals surface area (Å²) in [4.78, 5) is 40.2. The lowest BCUT2D eigenvalue weighted by molar-refractivity contribution is -0.148. The standard InChI is InChI=1S/C27H44N4O10S/c1-15-14-19(39-10)16(2)17(3)21(15)42(37,38)31-23(30-25(36)41-27(7,8)9)28-13-11-12-18(20(32)22(33)34)29-24(35)40-26(4,5)6/h14,18,20,32H,11-13H2,1-10H3,(H,29,35)(H,33,34)(H2,28,30,31,36). The van der Waals surface area contributed by atoms with E-state index in [4.69, 9.17) is 14.2 Å². The Hall–Kier alpha value is -3.59. The van der Waals surface area contributed by atoms with E-state index in [0.717, 1.165) is 0 Å². The summed E-state index contributed by atoms with van der Waals surface area (Å²) in [6, 6.07) is 0.347. The summed E-state index contributed by atoms with van der Waals surface area (Å²) >= 11 is 0. The SMILES string of the molecule is COc1cc(C)c(S(=O)(=O)NC(=NCCCC(NC(=O)OC(C)(C)C)C(O)C(=O)O)NC(=O)OC(C)(C)C)c(C)c1C. The van der Waals surface area contributed by atoms with Crippen molar-refractivity contribution >= 4 is 34.1 Å². The normalized spacial score (nSPS) is 13.9. The highest BCUT2D eigenvalue weighted by molar-refractivity contribution is 7.90. The number of nitrogens with zero attached hydrogens (tertiary/aromatic N) is 1. The van der Waals surface area contributed by atoms with Crippen molar-refractivity contribution in [1.82, 2.24) is 15.4 Å². The lowest BCUT2D eigenvalue weighted by atomic mass is 10.1. The van der Waals surface area contributed by atoms with Crippen LogP contribution in [0.3, 0.4) is 0 Å². The molecule has 0 aliphatic carbocycles. The van der Waals surface area contributed by atoms with Gasteiger partial charge in [-0.25, -0.2) is 27.5 Å². The molecule has 14 nitrogen and oxygen atoms in total. The summed E-state index contributed by atoms with van der Waals surface area (Å²) in [5.74, 6) is -1.48. The number of rotatable bonds is 10. The molecule has 0 aliphatic heterocycles. The van der Waals surface area contributed by atoms with Gasteiger partial charge in [-0.2, -0.15) is 0 Å². The Kier molecular flexibility index (Phi) is 12.6. The van der Waals surface area contributed by atoms with Gasteiger partial charge in [0.15, 0.2) is 6.10 Å². The van der Waals surface area contributed by atoms with Crippen LogP contribution in [0.2, 0.25) is 0 Å². The second kappa shape index (κ2) is 14.5. The zero-order chi connectivity index (χ0) is 32.6. The van der Waals surface area contributed by atoms with Crippen LogP contribution >= 0.6 is 0 Å².